The summed E-state index contributed by atoms with van der Waals surface area (Å²) in [5, 5.41) is 1.99. The first-order valence-electron chi connectivity index (χ1n) is 9.53. The molecule has 31 heavy (non-hydrogen) atoms. The molecule has 0 radical (unpaired) electrons. The van der Waals surface area contributed by atoms with Crippen LogP contribution in [0.1, 0.15) is 16.0 Å². The van der Waals surface area contributed by atoms with Crippen LogP contribution in [0.2, 0.25) is 0 Å². The van der Waals surface area contributed by atoms with Crippen LogP contribution in [0.15, 0.2) is 72.1 Å². The monoisotopic (exact) mass is 456 g/mol. The van der Waals surface area contributed by atoms with E-state index in [1.165, 1.54) is 6.08 Å². The zero-order valence-electron chi connectivity index (χ0n) is 17.3. The van der Waals surface area contributed by atoms with Gasteiger partial charge in [0.25, 0.3) is 0 Å². The highest BCUT2D eigenvalue weighted by Gasteiger charge is 2.15. The van der Waals surface area contributed by atoms with Gasteiger partial charge in [0.1, 0.15) is 5.75 Å². The van der Waals surface area contributed by atoms with Gasteiger partial charge >= 0.3 is 0 Å². The summed E-state index contributed by atoms with van der Waals surface area (Å²) in [4.78, 5) is 15.9. The SMILES string of the molecule is COc1ccccc1CN(Cc1cccs1)C(=O)/C=C/c1ccc(NS(C)(=O)=O)cc1. The summed E-state index contributed by atoms with van der Waals surface area (Å²) < 4.78 is 30.5. The van der Waals surface area contributed by atoms with Gasteiger partial charge in [-0.05, 0) is 41.3 Å². The van der Waals surface area contributed by atoms with Gasteiger partial charge in [-0.2, -0.15) is 0 Å². The van der Waals surface area contributed by atoms with E-state index >= 15 is 0 Å². The van der Waals surface area contributed by atoms with E-state index in [9.17, 15) is 13.2 Å². The number of carbonyl (C=O) groups is 1. The molecule has 3 aromatic rings. The van der Waals surface area contributed by atoms with Gasteiger partial charge in [-0.3, -0.25) is 9.52 Å². The van der Waals surface area contributed by atoms with E-state index < -0.39 is 10.0 Å². The smallest absolute Gasteiger partial charge is 0.247 e. The molecule has 0 saturated carbocycles. The molecule has 1 amide bonds. The first kappa shape index (κ1) is 22.6. The second kappa shape index (κ2) is 10.3. The number of hydrogen-bond acceptors (Lipinski definition) is 5. The van der Waals surface area contributed by atoms with E-state index in [2.05, 4.69) is 4.72 Å². The third kappa shape index (κ3) is 6.97. The number of amides is 1. The normalized spacial score (nSPS) is 11.4. The minimum absolute atomic E-state index is 0.127. The Labute approximate surface area is 186 Å². The van der Waals surface area contributed by atoms with Gasteiger partial charge in [-0.1, -0.05) is 36.4 Å². The molecule has 0 aliphatic carbocycles. The maximum atomic E-state index is 13.0. The first-order valence-corrected chi connectivity index (χ1v) is 12.3. The van der Waals surface area contributed by atoms with Crippen molar-refractivity contribution >= 4 is 39.0 Å². The highest BCUT2D eigenvalue weighted by molar-refractivity contribution is 7.92. The Bertz CT molecular complexity index is 1140. The van der Waals surface area contributed by atoms with Gasteiger partial charge in [0, 0.05) is 28.7 Å². The fourth-order valence-corrected chi connectivity index (χ4v) is 4.27. The zero-order chi connectivity index (χ0) is 22.3. The molecule has 0 aliphatic heterocycles. The number of anilines is 1. The van der Waals surface area contributed by atoms with E-state index in [-0.39, 0.29) is 5.91 Å². The molecule has 1 aromatic heterocycles. The van der Waals surface area contributed by atoms with Gasteiger partial charge in [-0.25, -0.2) is 8.42 Å². The number of rotatable bonds is 9. The van der Waals surface area contributed by atoms with Crippen LogP contribution in [0.5, 0.6) is 5.75 Å². The molecule has 8 heteroatoms. The van der Waals surface area contributed by atoms with Crippen LogP contribution in [0.25, 0.3) is 6.08 Å². The zero-order valence-corrected chi connectivity index (χ0v) is 18.9. The maximum Gasteiger partial charge on any atom is 0.247 e. The maximum absolute atomic E-state index is 13.0. The minimum Gasteiger partial charge on any atom is -0.496 e. The molecule has 0 aliphatic rings. The van der Waals surface area contributed by atoms with Crippen molar-refractivity contribution in [2.45, 2.75) is 13.1 Å². The Morgan fingerprint density at radius 3 is 2.45 bits per heavy atom. The van der Waals surface area contributed by atoms with Gasteiger partial charge in [0.2, 0.25) is 15.9 Å². The molecule has 1 N–H and O–H groups in total. The van der Waals surface area contributed by atoms with Gasteiger partial charge < -0.3 is 9.64 Å². The second-order valence-corrected chi connectivity index (χ2v) is 9.70. The van der Waals surface area contributed by atoms with Crippen molar-refractivity contribution in [1.82, 2.24) is 4.90 Å². The van der Waals surface area contributed by atoms with Crippen LogP contribution >= 0.6 is 11.3 Å². The predicted molar refractivity (Wildman–Crippen MR) is 126 cm³/mol. The summed E-state index contributed by atoms with van der Waals surface area (Å²) in [7, 11) is -1.71. The average Bonchev–Trinajstić information content (AvgIpc) is 3.25. The quantitative estimate of drug-likeness (QED) is 0.485. The topological polar surface area (TPSA) is 75.7 Å². The highest BCUT2D eigenvalue weighted by atomic mass is 32.2. The van der Waals surface area contributed by atoms with Crippen LogP contribution in [-0.2, 0) is 27.9 Å². The third-order valence-electron chi connectivity index (χ3n) is 4.42. The summed E-state index contributed by atoms with van der Waals surface area (Å²) in [5.74, 6) is 0.613. The van der Waals surface area contributed by atoms with Crippen molar-refractivity contribution in [3.05, 3.63) is 88.1 Å². The Balaban J connectivity index is 1.76. The van der Waals surface area contributed by atoms with E-state index in [0.29, 0.717) is 18.8 Å². The molecule has 0 unspecified atom stereocenters. The molecule has 3 rings (SSSR count). The summed E-state index contributed by atoms with van der Waals surface area (Å²) in [6.45, 7) is 0.915. The van der Waals surface area contributed by atoms with E-state index in [4.69, 9.17) is 4.74 Å². The van der Waals surface area contributed by atoms with Gasteiger partial charge in [0.15, 0.2) is 0 Å². The van der Waals surface area contributed by atoms with Crippen molar-refractivity contribution in [3.8, 4) is 5.75 Å². The lowest BCUT2D eigenvalue weighted by Crippen LogP contribution is -2.28. The molecule has 6 nitrogen and oxygen atoms in total. The highest BCUT2D eigenvalue weighted by Crippen LogP contribution is 2.22. The largest absolute Gasteiger partial charge is 0.496 e. The van der Waals surface area contributed by atoms with Crippen molar-refractivity contribution in [2.75, 3.05) is 18.1 Å². The molecule has 0 spiro atoms. The Morgan fingerprint density at radius 2 is 1.81 bits per heavy atom. The number of nitrogens with one attached hydrogen (secondary N) is 1. The van der Waals surface area contributed by atoms with Crippen molar-refractivity contribution in [2.24, 2.45) is 0 Å². The molecule has 0 saturated heterocycles. The molecule has 162 valence electrons. The van der Waals surface area contributed by atoms with Crippen LogP contribution in [0.3, 0.4) is 0 Å². The molecular formula is C23H24N2O4S2. The third-order valence-corrected chi connectivity index (χ3v) is 5.89. The van der Waals surface area contributed by atoms with Crippen LogP contribution in [-0.4, -0.2) is 32.6 Å². The van der Waals surface area contributed by atoms with Gasteiger partial charge in [0.05, 0.1) is 19.9 Å². The van der Waals surface area contributed by atoms with Crippen LogP contribution < -0.4 is 9.46 Å². The number of sulfonamides is 1. The van der Waals surface area contributed by atoms with Crippen molar-refractivity contribution in [3.63, 3.8) is 0 Å². The molecule has 0 atom stereocenters. The fourth-order valence-electron chi connectivity index (χ4n) is 2.99. The standard InChI is InChI=1S/C23H24N2O4S2/c1-29-22-8-4-3-6-19(22)16-25(17-21-7-5-15-30-21)23(26)14-11-18-9-12-20(13-10-18)24-31(2,27)28/h3-15,24H,16-17H2,1-2H3/b14-11+. The Kier molecular flexibility index (Phi) is 7.49. The number of para-hydroxylation sites is 1. The number of benzene rings is 2. The van der Waals surface area contributed by atoms with Gasteiger partial charge in [-0.15, -0.1) is 11.3 Å². The Hall–Kier alpha value is -3.10. The van der Waals surface area contributed by atoms with Crippen LogP contribution in [0, 0.1) is 0 Å². The summed E-state index contributed by atoms with van der Waals surface area (Å²) in [6, 6.07) is 18.4. The van der Waals surface area contributed by atoms with Crippen molar-refractivity contribution < 1.29 is 17.9 Å². The molecule has 1 heterocycles. The molecular weight excluding hydrogens is 432 g/mol. The minimum atomic E-state index is -3.33. The molecule has 0 bridgehead atoms. The number of hydrogen-bond donors (Lipinski definition) is 1. The summed E-state index contributed by atoms with van der Waals surface area (Å²) in [6.07, 6.45) is 4.35. The molecule has 0 fully saturated rings. The van der Waals surface area contributed by atoms with E-state index in [1.54, 1.807) is 53.7 Å². The summed E-state index contributed by atoms with van der Waals surface area (Å²) in [5.41, 5.74) is 2.20. The predicted octanol–water partition coefficient (Wildman–Crippen LogP) is 4.37. The number of ether oxygens (including phenoxy) is 1. The second-order valence-electron chi connectivity index (χ2n) is 6.92. The van der Waals surface area contributed by atoms with Crippen LogP contribution in [0.4, 0.5) is 5.69 Å². The average molecular weight is 457 g/mol. The number of thiophene rings is 1. The lowest BCUT2D eigenvalue weighted by atomic mass is 10.1. The lowest BCUT2D eigenvalue weighted by Gasteiger charge is -2.22. The van der Waals surface area contributed by atoms with Crippen molar-refractivity contribution in [1.29, 1.82) is 0 Å². The molecule has 2 aromatic carbocycles. The van der Waals surface area contributed by atoms with E-state index in [0.717, 1.165) is 28.0 Å². The Morgan fingerprint density at radius 1 is 1.06 bits per heavy atom. The number of methoxy groups -OCH3 is 1. The lowest BCUT2D eigenvalue weighted by molar-refractivity contribution is -0.127. The summed E-state index contributed by atoms with van der Waals surface area (Å²) >= 11 is 1.60. The number of carbonyl (C=O) groups excluding carboxylic acids is 1. The first-order chi connectivity index (χ1) is 14.8. The fraction of sp³-hybridized carbons (Fsp3) is 0.174. The number of nitrogens with zero attached hydrogens (tertiary/aromatic N) is 1. The van der Waals surface area contributed by atoms with E-state index in [1.807, 2.05) is 41.8 Å².